The van der Waals surface area contributed by atoms with E-state index in [9.17, 15) is 0 Å². The molecule has 0 saturated carbocycles. The number of aliphatic hydroxyl groups is 1. The number of hydrogen-bond acceptors (Lipinski definition) is 1. The number of aromatic nitrogens is 1. The molecule has 0 unspecified atom stereocenters. The van der Waals surface area contributed by atoms with Crippen molar-refractivity contribution in [1.29, 1.82) is 0 Å². The molecule has 1 heterocycles. The molecule has 0 aliphatic carbocycles. The summed E-state index contributed by atoms with van der Waals surface area (Å²) in [4.78, 5) is 0. The number of aryl methyl sites for hydroxylation is 2. The SMILES string of the molecule is Cc1ccc2cc(CO)n(C)c2c1. The Morgan fingerprint density at radius 3 is 2.77 bits per heavy atom. The zero-order chi connectivity index (χ0) is 9.42. The Balaban J connectivity index is 2.77. The summed E-state index contributed by atoms with van der Waals surface area (Å²) in [5.41, 5.74) is 3.39. The number of hydrogen-bond donors (Lipinski definition) is 1. The summed E-state index contributed by atoms with van der Waals surface area (Å²) >= 11 is 0. The highest BCUT2D eigenvalue weighted by Crippen LogP contribution is 2.19. The van der Waals surface area contributed by atoms with Gasteiger partial charge in [-0.15, -0.1) is 0 Å². The van der Waals surface area contributed by atoms with Gasteiger partial charge in [0.15, 0.2) is 0 Å². The maximum Gasteiger partial charge on any atom is 0.0833 e. The van der Waals surface area contributed by atoms with E-state index in [0.29, 0.717) is 0 Å². The fourth-order valence-electron chi connectivity index (χ4n) is 1.65. The maximum atomic E-state index is 9.07. The Kier molecular flexibility index (Phi) is 1.85. The third kappa shape index (κ3) is 1.23. The van der Waals surface area contributed by atoms with Crippen molar-refractivity contribution in [2.75, 3.05) is 0 Å². The van der Waals surface area contributed by atoms with Gasteiger partial charge in [0.1, 0.15) is 0 Å². The predicted molar refractivity (Wildman–Crippen MR) is 53.6 cm³/mol. The van der Waals surface area contributed by atoms with Gasteiger partial charge < -0.3 is 9.67 Å². The molecule has 0 bridgehead atoms. The molecule has 13 heavy (non-hydrogen) atoms. The lowest BCUT2D eigenvalue weighted by atomic mass is 10.2. The maximum absolute atomic E-state index is 9.07. The van der Waals surface area contributed by atoms with Crippen molar-refractivity contribution in [1.82, 2.24) is 4.57 Å². The molecule has 0 radical (unpaired) electrons. The predicted octanol–water partition coefficient (Wildman–Crippen LogP) is 1.98. The van der Waals surface area contributed by atoms with Crippen molar-refractivity contribution in [3.63, 3.8) is 0 Å². The molecule has 1 N–H and O–H groups in total. The van der Waals surface area contributed by atoms with Gasteiger partial charge in [-0.3, -0.25) is 0 Å². The average Bonchev–Trinajstić information content (AvgIpc) is 2.44. The molecule has 2 heteroatoms. The van der Waals surface area contributed by atoms with Crippen LogP contribution in [0.4, 0.5) is 0 Å². The van der Waals surface area contributed by atoms with E-state index in [-0.39, 0.29) is 6.61 Å². The zero-order valence-corrected chi connectivity index (χ0v) is 7.91. The van der Waals surface area contributed by atoms with Gasteiger partial charge in [0.25, 0.3) is 0 Å². The molecule has 0 fully saturated rings. The second-order valence-electron chi connectivity index (χ2n) is 3.42. The van der Waals surface area contributed by atoms with Crippen LogP contribution in [0.2, 0.25) is 0 Å². The number of rotatable bonds is 1. The number of aliphatic hydroxyl groups excluding tert-OH is 1. The largest absolute Gasteiger partial charge is 0.390 e. The molecule has 0 spiro atoms. The van der Waals surface area contributed by atoms with Gasteiger partial charge in [0, 0.05) is 18.3 Å². The lowest BCUT2D eigenvalue weighted by Crippen LogP contribution is -1.94. The van der Waals surface area contributed by atoms with E-state index in [1.807, 2.05) is 17.7 Å². The third-order valence-corrected chi connectivity index (χ3v) is 2.46. The molecule has 1 aromatic heterocycles. The highest BCUT2D eigenvalue weighted by atomic mass is 16.3. The second-order valence-corrected chi connectivity index (χ2v) is 3.42. The molecule has 68 valence electrons. The van der Waals surface area contributed by atoms with Crippen LogP contribution < -0.4 is 0 Å². The number of fused-ring (bicyclic) bond motifs is 1. The van der Waals surface area contributed by atoms with Gasteiger partial charge >= 0.3 is 0 Å². The average molecular weight is 175 g/mol. The molecular formula is C11H13NO. The quantitative estimate of drug-likeness (QED) is 0.704. The third-order valence-electron chi connectivity index (χ3n) is 2.46. The van der Waals surface area contributed by atoms with Crippen molar-refractivity contribution in [2.45, 2.75) is 13.5 Å². The van der Waals surface area contributed by atoms with Crippen molar-refractivity contribution in [3.05, 3.63) is 35.5 Å². The summed E-state index contributed by atoms with van der Waals surface area (Å²) in [5, 5.41) is 10.3. The molecule has 2 rings (SSSR count). The van der Waals surface area contributed by atoms with Gasteiger partial charge in [-0.1, -0.05) is 12.1 Å². The summed E-state index contributed by atoms with van der Waals surface area (Å²) in [6.45, 7) is 2.18. The van der Waals surface area contributed by atoms with Gasteiger partial charge in [0.05, 0.1) is 6.61 Å². The minimum Gasteiger partial charge on any atom is -0.390 e. The van der Waals surface area contributed by atoms with Crippen LogP contribution in [-0.4, -0.2) is 9.67 Å². The first kappa shape index (κ1) is 8.32. The second kappa shape index (κ2) is 2.89. The monoisotopic (exact) mass is 175 g/mol. The minimum atomic E-state index is 0.101. The summed E-state index contributed by atoms with van der Waals surface area (Å²) in [6, 6.07) is 8.33. The van der Waals surface area contributed by atoms with Crippen LogP contribution in [-0.2, 0) is 13.7 Å². The first-order chi connectivity index (χ1) is 6.22. The smallest absolute Gasteiger partial charge is 0.0833 e. The van der Waals surface area contributed by atoms with Crippen LogP contribution in [0, 0.1) is 6.92 Å². The highest BCUT2D eigenvalue weighted by Gasteiger charge is 2.03. The number of nitrogens with zero attached hydrogens (tertiary/aromatic N) is 1. The van der Waals surface area contributed by atoms with E-state index in [1.165, 1.54) is 16.5 Å². The highest BCUT2D eigenvalue weighted by molar-refractivity contribution is 5.81. The topological polar surface area (TPSA) is 25.2 Å². The fourth-order valence-corrected chi connectivity index (χ4v) is 1.65. The van der Waals surface area contributed by atoms with E-state index in [1.54, 1.807) is 0 Å². The normalized spacial score (nSPS) is 11.0. The Morgan fingerprint density at radius 1 is 1.31 bits per heavy atom. The number of benzene rings is 1. The van der Waals surface area contributed by atoms with E-state index < -0.39 is 0 Å². The zero-order valence-electron chi connectivity index (χ0n) is 7.91. The summed E-state index contributed by atoms with van der Waals surface area (Å²) in [7, 11) is 1.98. The Hall–Kier alpha value is -1.28. The first-order valence-electron chi connectivity index (χ1n) is 4.38. The first-order valence-corrected chi connectivity index (χ1v) is 4.38. The van der Waals surface area contributed by atoms with Crippen molar-refractivity contribution >= 4 is 10.9 Å². The molecule has 0 saturated heterocycles. The van der Waals surface area contributed by atoms with Crippen LogP contribution in [0.3, 0.4) is 0 Å². The van der Waals surface area contributed by atoms with Crippen LogP contribution in [0.15, 0.2) is 24.3 Å². The van der Waals surface area contributed by atoms with Crippen LogP contribution in [0.5, 0.6) is 0 Å². The Bertz CT molecular complexity index is 443. The van der Waals surface area contributed by atoms with Crippen molar-refractivity contribution in [3.8, 4) is 0 Å². The lowest BCUT2D eigenvalue weighted by molar-refractivity contribution is 0.273. The van der Waals surface area contributed by atoms with E-state index in [0.717, 1.165) is 5.69 Å². The van der Waals surface area contributed by atoms with Crippen LogP contribution in [0.1, 0.15) is 11.3 Å². The fraction of sp³-hybridized carbons (Fsp3) is 0.273. The molecule has 0 aliphatic rings. The summed E-state index contributed by atoms with van der Waals surface area (Å²) < 4.78 is 2.03. The Morgan fingerprint density at radius 2 is 2.08 bits per heavy atom. The van der Waals surface area contributed by atoms with E-state index in [2.05, 4.69) is 25.1 Å². The molecule has 2 aromatic rings. The van der Waals surface area contributed by atoms with Gasteiger partial charge in [-0.25, -0.2) is 0 Å². The summed E-state index contributed by atoms with van der Waals surface area (Å²) in [6.07, 6.45) is 0. The lowest BCUT2D eigenvalue weighted by Gasteiger charge is -2.00. The molecule has 1 aromatic carbocycles. The van der Waals surface area contributed by atoms with Gasteiger partial charge in [-0.2, -0.15) is 0 Å². The molecule has 0 atom stereocenters. The Labute approximate surface area is 77.4 Å². The van der Waals surface area contributed by atoms with Gasteiger partial charge in [0.2, 0.25) is 0 Å². The van der Waals surface area contributed by atoms with E-state index >= 15 is 0 Å². The van der Waals surface area contributed by atoms with Crippen LogP contribution >= 0.6 is 0 Å². The van der Waals surface area contributed by atoms with Crippen molar-refractivity contribution in [2.24, 2.45) is 7.05 Å². The minimum absolute atomic E-state index is 0.101. The summed E-state index contributed by atoms with van der Waals surface area (Å²) in [5.74, 6) is 0. The van der Waals surface area contributed by atoms with E-state index in [4.69, 9.17) is 5.11 Å². The molecule has 0 aliphatic heterocycles. The standard InChI is InChI=1S/C11H13NO/c1-8-3-4-9-6-10(7-13)12(2)11(9)5-8/h3-6,13H,7H2,1-2H3. The molecule has 2 nitrogen and oxygen atoms in total. The van der Waals surface area contributed by atoms with Crippen molar-refractivity contribution < 1.29 is 5.11 Å². The molecular weight excluding hydrogens is 162 g/mol. The van der Waals surface area contributed by atoms with Crippen LogP contribution in [0.25, 0.3) is 10.9 Å². The molecule has 0 amide bonds. The van der Waals surface area contributed by atoms with Gasteiger partial charge in [-0.05, 0) is 30.0 Å².